The number of nitrogens with two attached hydrogens (primary N) is 1. The molecule has 20 heavy (non-hydrogen) atoms. The van der Waals surface area contributed by atoms with Crippen LogP contribution in [-0.2, 0) is 4.74 Å². The Morgan fingerprint density at radius 1 is 1.25 bits per heavy atom. The van der Waals surface area contributed by atoms with Crippen LogP contribution in [0.25, 0.3) is 0 Å². The molecular weight excluding hydrogens is 277 g/mol. The minimum absolute atomic E-state index is 0.296. The number of nitrogen functional groups attached to an aromatic ring is 1. The van der Waals surface area contributed by atoms with Crippen LogP contribution in [0.4, 0.5) is 10.1 Å². The lowest BCUT2D eigenvalue weighted by Crippen LogP contribution is -2.07. The second kappa shape index (κ2) is 5.96. The van der Waals surface area contributed by atoms with E-state index in [1.165, 1.54) is 31.0 Å². The van der Waals surface area contributed by atoms with Gasteiger partial charge in [-0.2, -0.15) is 0 Å². The van der Waals surface area contributed by atoms with Crippen molar-refractivity contribution in [1.29, 1.82) is 0 Å². The first-order valence-electron chi connectivity index (χ1n) is 5.93. The summed E-state index contributed by atoms with van der Waals surface area (Å²) >= 11 is 1.36. The van der Waals surface area contributed by atoms with E-state index in [0.29, 0.717) is 11.3 Å². The number of carbonyl (C=O) groups is 1. The van der Waals surface area contributed by atoms with Crippen molar-refractivity contribution in [2.24, 2.45) is 0 Å². The van der Waals surface area contributed by atoms with Gasteiger partial charge in [0.15, 0.2) is 0 Å². The molecule has 0 atom stereocenters. The molecular formula is C15H14FNO2S. The maximum atomic E-state index is 13.2. The number of anilines is 1. The predicted molar refractivity (Wildman–Crippen MR) is 77.5 cm³/mol. The normalized spacial score (nSPS) is 10.3. The van der Waals surface area contributed by atoms with E-state index in [0.717, 1.165) is 15.4 Å². The third-order valence-corrected chi connectivity index (χ3v) is 3.76. The Balaban J connectivity index is 2.38. The highest BCUT2D eigenvalue weighted by Crippen LogP contribution is 2.32. The molecule has 3 nitrogen and oxygen atoms in total. The van der Waals surface area contributed by atoms with Crippen LogP contribution in [0.5, 0.6) is 0 Å². The molecule has 0 spiro atoms. The largest absolute Gasteiger partial charge is 0.465 e. The Hall–Kier alpha value is -2.01. The van der Waals surface area contributed by atoms with Gasteiger partial charge >= 0.3 is 5.97 Å². The van der Waals surface area contributed by atoms with Gasteiger partial charge in [-0.1, -0.05) is 17.8 Å². The van der Waals surface area contributed by atoms with Gasteiger partial charge in [0.05, 0.1) is 12.7 Å². The van der Waals surface area contributed by atoms with Gasteiger partial charge in [0.2, 0.25) is 0 Å². The van der Waals surface area contributed by atoms with Crippen molar-refractivity contribution in [3.8, 4) is 0 Å². The topological polar surface area (TPSA) is 52.3 Å². The molecule has 0 aliphatic rings. The number of rotatable bonds is 3. The van der Waals surface area contributed by atoms with Crippen LogP contribution in [0.15, 0.2) is 46.2 Å². The molecule has 2 N–H and O–H groups in total. The van der Waals surface area contributed by atoms with E-state index in [-0.39, 0.29) is 5.82 Å². The first-order valence-corrected chi connectivity index (χ1v) is 6.74. The Bertz CT molecular complexity index is 658. The van der Waals surface area contributed by atoms with Crippen LogP contribution in [0, 0.1) is 12.7 Å². The molecule has 0 radical (unpaired) electrons. The lowest BCUT2D eigenvalue weighted by molar-refractivity contribution is 0.0601. The monoisotopic (exact) mass is 291 g/mol. The zero-order valence-corrected chi connectivity index (χ0v) is 12.0. The van der Waals surface area contributed by atoms with Gasteiger partial charge < -0.3 is 10.5 Å². The van der Waals surface area contributed by atoms with Crippen molar-refractivity contribution in [2.75, 3.05) is 12.8 Å². The van der Waals surface area contributed by atoms with Crippen LogP contribution in [0.1, 0.15) is 15.9 Å². The van der Waals surface area contributed by atoms with E-state index in [4.69, 9.17) is 10.5 Å². The van der Waals surface area contributed by atoms with Crippen LogP contribution in [0.2, 0.25) is 0 Å². The zero-order chi connectivity index (χ0) is 14.7. The van der Waals surface area contributed by atoms with Crippen molar-refractivity contribution < 1.29 is 13.9 Å². The lowest BCUT2D eigenvalue weighted by Gasteiger charge is -2.10. The summed E-state index contributed by atoms with van der Waals surface area (Å²) in [6, 6.07) is 9.79. The second-order valence-electron chi connectivity index (χ2n) is 4.25. The Kier molecular flexibility index (Phi) is 4.29. The van der Waals surface area contributed by atoms with Crippen molar-refractivity contribution in [1.82, 2.24) is 0 Å². The van der Waals surface area contributed by atoms with Crippen LogP contribution < -0.4 is 5.73 Å². The summed E-state index contributed by atoms with van der Waals surface area (Å²) in [7, 11) is 1.31. The summed E-state index contributed by atoms with van der Waals surface area (Å²) in [6.07, 6.45) is 0. The molecule has 0 amide bonds. The smallest absolute Gasteiger partial charge is 0.340 e. The first kappa shape index (κ1) is 14.4. The fourth-order valence-electron chi connectivity index (χ4n) is 1.77. The lowest BCUT2D eigenvalue weighted by atomic mass is 10.1. The van der Waals surface area contributed by atoms with Gasteiger partial charge in [-0.3, -0.25) is 0 Å². The van der Waals surface area contributed by atoms with Gasteiger partial charge in [0, 0.05) is 15.5 Å². The van der Waals surface area contributed by atoms with Crippen molar-refractivity contribution in [2.45, 2.75) is 16.7 Å². The van der Waals surface area contributed by atoms with Gasteiger partial charge in [-0.25, -0.2) is 9.18 Å². The number of ether oxygens (including phenoxy) is 1. The van der Waals surface area contributed by atoms with Gasteiger partial charge in [0.1, 0.15) is 5.82 Å². The summed E-state index contributed by atoms with van der Waals surface area (Å²) in [4.78, 5) is 13.2. The number of carbonyl (C=O) groups excluding carboxylic acids is 1. The number of halogens is 1. The molecule has 2 aromatic carbocycles. The fraction of sp³-hybridized carbons (Fsp3) is 0.133. The molecule has 0 aliphatic heterocycles. The highest BCUT2D eigenvalue weighted by atomic mass is 32.2. The molecule has 0 heterocycles. The summed E-state index contributed by atoms with van der Waals surface area (Å²) in [6.45, 7) is 1.82. The molecule has 2 rings (SSSR count). The number of aryl methyl sites for hydroxylation is 1. The molecule has 0 saturated carbocycles. The van der Waals surface area contributed by atoms with Crippen molar-refractivity contribution in [3.05, 3.63) is 53.3 Å². The zero-order valence-electron chi connectivity index (χ0n) is 11.1. The van der Waals surface area contributed by atoms with E-state index in [1.54, 1.807) is 18.2 Å². The van der Waals surface area contributed by atoms with Crippen LogP contribution in [0.3, 0.4) is 0 Å². The Labute approximate surface area is 120 Å². The summed E-state index contributed by atoms with van der Waals surface area (Å²) in [5.41, 5.74) is 7.39. The molecule has 0 saturated heterocycles. The number of hydrogen-bond acceptors (Lipinski definition) is 4. The van der Waals surface area contributed by atoms with E-state index in [9.17, 15) is 9.18 Å². The summed E-state index contributed by atoms with van der Waals surface area (Å²) in [5, 5.41) is 0. The van der Waals surface area contributed by atoms with E-state index < -0.39 is 5.97 Å². The maximum Gasteiger partial charge on any atom is 0.340 e. The minimum atomic E-state index is -0.479. The average molecular weight is 291 g/mol. The highest BCUT2D eigenvalue weighted by molar-refractivity contribution is 7.99. The molecule has 0 bridgehead atoms. The first-order chi connectivity index (χ1) is 9.51. The fourth-order valence-corrected chi connectivity index (χ4v) is 2.77. The minimum Gasteiger partial charge on any atom is -0.465 e. The highest BCUT2D eigenvalue weighted by Gasteiger charge is 2.14. The standard InChI is InChI=1S/C15H14FNO2S/c1-9-6-12(8-13(14(9)17)15(18)19-2)20-11-5-3-4-10(16)7-11/h3-8H,17H2,1-2H3. The van der Waals surface area contributed by atoms with Crippen molar-refractivity contribution >= 4 is 23.4 Å². The SMILES string of the molecule is COC(=O)c1cc(Sc2cccc(F)c2)cc(C)c1N. The van der Waals surface area contributed by atoms with E-state index in [1.807, 2.05) is 13.0 Å². The second-order valence-corrected chi connectivity index (χ2v) is 5.40. The van der Waals surface area contributed by atoms with E-state index in [2.05, 4.69) is 0 Å². The third-order valence-electron chi connectivity index (χ3n) is 2.80. The molecule has 2 aromatic rings. The number of methoxy groups -OCH3 is 1. The average Bonchev–Trinajstić information content (AvgIpc) is 2.42. The molecule has 104 valence electrons. The van der Waals surface area contributed by atoms with Gasteiger partial charge in [-0.15, -0.1) is 0 Å². The maximum absolute atomic E-state index is 13.2. The third kappa shape index (κ3) is 3.11. The predicted octanol–water partition coefficient (Wildman–Crippen LogP) is 3.65. The van der Waals surface area contributed by atoms with Crippen LogP contribution in [-0.4, -0.2) is 13.1 Å². The van der Waals surface area contributed by atoms with Crippen molar-refractivity contribution in [3.63, 3.8) is 0 Å². The number of benzene rings is 2. The van der Waals surface area contributed by atoms with Gasteiger partial charge in [-0.05, 0) is 42.8 Å². The molecule has 0 aliphatic carbocycles. The number of esters is 1. The quantitative estimate of drug-likeness (QED) is 0.692. The molecule has 5 heteroatoms. The van der Waals surface area contributed by atoms with Gasteiger partial charge in [0.25, 0.3) is 0 Å². The summed E-state index contributed by atoms with van der Waals surface area (Å²) < 4.78 is 17.9. The van der Waals surface area contributed by atoms with Crippen LogP contribution >= 0.6 is 11.8 Å². The summed E-state index contributed by atoms with van der Waals surface area (Å²) in [5.74, 6) is -0.775. The number of hydrogen-bond donors (Lipinski definition) is 1. The molecule has 0 unspecified atom stereocenters. The van der Waals surface area contributed by atoms with E-state index >= 15 is 0 Å². The molecule has 0 fully saturated rings. The Morgan fingerprint density at radius 2 is 2.00 bits per heavy atom. The Morgan fingerprint density at radius 3 is 2.65 bits per heavy atom. The molecule has 0 aromatic heterocycles.